The number of benzene rings is 1. The van der Waals surface area contributed by atoms with Gasteiger partial charge < -0.3 is 14.8 Å². The van der Waals surface area contributed by atoms with E-state index in [2.05, 4.69) is 25.2 Å². The van der Waals surface area contributed by atoms with Crippen molar-refractivity contribution >= 4 is 0 Å². The standard InChI is InChI=1S/C17H20F4N4O2/c18-15-7-12(1-2-16(15)27-17(19,20)21)9-25-6-5-22-8-14(25)11-26-10-13-3-4-23-24-13/h1-4,7,14,22H,5-6,8-11H2,(H,23,24). The highest BCUT2D eigenvalue weighted by atomic mass is 19.4. The summed E-state index contributed by atoms with van der Waals surface area (Å²) in [6.45, 7) is 3.48. The average Bonchev–Trinajstić information content (AvgIpc) is 3.11. The molecule has 1 aromatic carbocycles. The van der Waals surface area contributed by atoms with E-state index in [1.54, 1.807) is 6.20 Å². The van der Waals surface area contributed by atoms with Crippen molar-refractivity contribution in [1.29, 1.82) is 0 Å². The fourth-order valence-corrected chi connectivity index (χ4v) is 2.93. The SMILES string of the molecule is Fc1cc(CN2CCNCC2COCc2ccn[nH]2)ccc1OC(F)(F)F. The molecule has 0 amide bonds. The Morgan fingerprint density at radius 1 is 1.26 bits per heavy atom. The van der Waals surface area contributed by atoms with E-state index in [1.807, 2.05) is 6.07 Å². The topological polar surface area (TPSA) is 62.4 Å². The number of aromatic nitrogens is 2. The van der Waals surface area contributed by atoms with Gasteiger partial charge in [-0.15, -0.1) is 13.2 Å². The molecule has 1 saturated heterocycles. The van der Waals surface area contributed by atoms with Gasteiger partial charge in [-0.25, -0.2) is 4.39 Å². The molecule has 0 saturated carbocycles. The number of ether oxygens (including phenoxy) is 2. The smallest absolute Gasteiger partial charge is 0.403 e. The third-order valence-corrected chi connectivity index (χ3v) is 4.21. The van der Waals surface area contributed by atoms with Crippen molar-refractivity contribution in [1.82, 2.24) is 20.4 Å². The molecule has 0 aliphatic carbocycles. The van der Waals surface area contributed by atoms with Crippen molar-refractivity contribution < 1.29 is 27.0 Å². The predicted octanol–water partition coefficient (Wildman–Crippen LogP) is 2.44. The Labute approximate surface area is 153 Å². The summed E-state index contributed by atoms with van der Waals surface area (Å²) in [5, 5.41) is 9.95. The van der Waals surface area contributed by atoms with E-state index in [0.717, 1.165) is 30.9 Å². The second kappa shape index (κ2) is 8.68. The molecule has 27 heavy (non-hydrogen) atoms. The van der Waals surface area contributed by atoms with Gasteiger partial charge in [0.15, 0.2) is 11.6 Å². The lowest BCUT2D eigenvalue weighted by atomic mass is 10.1. The van der Waals surface area contributed by atoms with Gasteiger partial charge in [-0.3, -0.25) is 10.00 Å². The van der Waals surface area contributed by atoms with E-state index in [-0.39, 0.29) is 6.04 Å². The van der Waals surface area contributed by atoms with Crippen LogP contribution >= 0.6 is 0 Å². The Hall–Kier alpha value is -2.17. The summed E-state index contributed by atoms with van der Waals surface area (Å²) >= 11 is 0. The Balaban J connectivity index is 1.57. The molecule has 3 rings (SSSR count). The van der Waals surface area contributed by atoms with E-state index in [9.17, 15) is 17.6 Å². The summed E-state index contributed by atoms with van der Waals surface area (Å²) in [5.41, 5.74) is 1.44. The number of rotatable bonds is 7. The van der Waals surface area contributed by atoms with Crippen LogP contribution in [0, 0.1) is 5.82 Å². The van der Waals surface area contributed by atoms with Crippen LogP contribution in [0.1, 0.15) is 11.3 Å². The van der Waals surface area contributed by atoms with Crippen LogP contribution in [0.3, 0.4) is 0 Å². The molecule has 0 spiro atoms. The molecule has 1 aromatic heterocycles. The summed E-state index contributed by atoms with van der Waals surface area (Å²) in [4.78, 5) is 2.11. The zero-order valence-corrected chi connectivity index (χ0v) is 14.4. The Kier molecular flexibility index (Phi) is 6.30. The molecule has 2 aromatic rings. The average molecular weight is 388 g/mol. The van der Waals surface area contributed by atoms with Gasteiger partial charge in [0.25, 0.3) is 0 Å². The third kappa shape index (κ3) is 5.91. The molecule has 2 N–H and O–H groups in total. The zero-order valence-electron chi connectivity index (χ0n) is 14.4. The van der Waals surface area contributed by atoms with Gasteiger partial charge in [0.1, 0.15) is 0 Å². The summed E-state index contributed by atoms with van der Waals surface area (Å²) in [6.07, 6.45) is -3.27. The summed E-state index contributed by atoms with van der Waals surface area (Å²) in [6, 6.07) is 5.41. The number of H-pyrrole nitrogens is 1. The van der Waals surface area contributed by atoms with Crippen LogP contribution in [0.5, 0.6) is 5.75 Å². The fourth-order valence-electron chi connectivity index (χ4n) is 2.93. The molecule has 1 aliphatic rings. The first-order chi connectivity index (χ1) is 12.9. The molecule has 2 heterocycles. The monoisotopic (exact) mass is 388 g/mol. The zero-order chi connectivity index (χ0) is 19.3. The highest BCUT2D eigenvalue weighted by Gasteiger charge is 2.32. The summed E-state index contributed by atoms with van der Waals surface area (Å²) < 4.78 is 60.0. The maximum absolute atomic E-state index is 13.9. The lowest BCUT2D eigenvalue weighted by Crippen LogP contribution is -2.52. The molecule has 1 fully saturated rings. The first kappa shape index (κ1) is 19.6. The van der Waals surface area contributed by atoms with Crippen LogP contribution < -0.4 is 10.1 Å². The molecule has 148 valence electrons. The quantitative estimate of drug-likeness (QED) is 0.714. The maximum Gasteiger partial charge on any atom is 0.573 e. The minimum atomic E-state index is -4.92. The third-order valence-electron chi connectivity index (χ3n) is 4.21. The normalized spacial score (nSPS) is 18.6. The van der Waals surface area contributed by atoms with Gasteiger partial charge in [0.2, 0.25) is 0 Å². The van der Waals surface area contributed by atoms with Gasteiger partial charge in [-0.05, 0) is 23.8 Å². The number of nitrogens with one attached hydrogen (secondary N) is 2. The number of nitrogens with zero attached hydrogens (tertiary/aromatic N) is 2. The molecular formula is C17H20F4N4O2. The first-order valence-electron chi connectivity index (χ1n) is 8.45. The van der Waals surface area contributed by atoms with Crippen molar-refractivity contribution in [3.8, 4) is 5.75 Å². The van der Waals surface area contributed by atoms with E-state index in [4.69, 9.17) is 4.74 Å². The Morgan fingerprint density at radius 3 is 2.81 bits per heavy atom. The molecule has 0 radical (unpaired) electrons. The molecule has 6 nitrogen and oxygen atoms in total. The van der Waals surface area contributed by atoms with Crippen molar-refractivity contribution in [2.24, 2.45) is 0 Å². The van der Waals surface area contributed by atoms with Crippen LogP contribution in [0.4, 0.5) is 17.6 Å². The largest absolute Gasteiger partial charge is 0.573 e. The highest BCUT2D eigenvalue weighted by Crippen LogP contribution is 2.26. The number of hydrogen-bond donors (Lipinski definition) is 2. The van der Waals surface area contributed by atoms with Crippen molar-refractivity contribution in [2.45, 2.75) is 25.6 Å². The van der Waals surface area contributed by atoms with Gasteiger partial charge in [-0.2, -0.15) is 5.10 Å². The minimum absolute atomic E-state index is 0.0656. The van der Waals surface area contributed by atoms with Gasteiger partial charge in [-0.1, -0.05) is 6.07 Å². The maximum atomic E-state index is 13.9. The number of halogens is 4. The van der Waals surface area contributed by atoms with Crippen molar-refractivity contribution in [3.63, 3.8) is 0 Å². The highest BCUT2D eigenvalue weighted by molar-refractivity contribution is 5.29. The molecular weight excluding hydrogens is 368 g/mol. The number of aromatic amines is 1. The van der Waals surface area contributed by atoms with E-state index >= 15 is 0 Å². The van der Waals surface area contributed by atoms with Crippen LogP contribution in [-0.4, -0.2) is 53.7 Å². The predicted molar refractivity (Wildman–Crippen MR) is 88.4 cm³/mol. The van der Waals surface area contributed by atoms with E-state index in [0.29, 0.717) is 31.9 Å². The molecule has 1 unspecified atom stereocenters. The second-order valence-electron chi connectivity index (χ2n) is 6.24. The van der Waals surface area contributed by atoms with Crippen molar-refractivity contribution in [2.75, 3.05) is 26.2 Å². The molecule has 1 aliphatic heterocycles. The summed E-state index contributed by atoms with van der Waals surface area (Å²) in [7, 11) is 0. The lowest BCUT2D eigenvalue weighted by molar-refractivity contribution is -0.275. The lowest BCUT2D eigenvalue weighted by Gasteiger charge is -2.36. The Morgan fingerprint density at radius 2 is 2.11 bits per heavy atom. The van der Waals surface area contributed by atoms with Crippen LogP contribution in [0.15, 0.2) is 30.5 Å². The second-order valence-corrected chi connectivity index (χ2v) is 6.24. The fraction of sp³-hybridized carbons (Fsp3) is 0.471. The Bertz CT molecular complexity index is 724. The first-order valence-corrected chi connectivity index (χ1v) is 8.45. The van der Waals surface area contributed by atoms with Crippen molar-refractivity contribution in [3.05, 3.63) is 47.5 Å². The molecule has 1 atom stereocenters. The summed E-state index contributed by atoms with van der Waals surface area (Å²) in [5.74, 6) is -1.86. The molecule has 0 bridgehead atoms. The van der Waals surface area contributed by atoms with Crippen LogP contribution in [0.2, 0.25) is 0 Å². The molecule has 10 heteroatoms. The minimum Gasteiger partial charge on any atom is -0.403 e. The number of hydrogen-bond acceptors (Lipinski definition) is 5. The van der Waals surface area contributed by atoms with Gasteiger partial charge >= 0.3 is 6.36 Å². The van der Waals surface area contributed by atoms with Gasteiger partial charge in [0, 0.05) is 38.4 Å². The van der Waals surface area contributed by atoms with E-state index < -0.39 is 17.9 Å². The van der Waals surface area contributed by atoms with E-state index in [1.165, 1.54) is 6.07 Å². The van der Waals surface area contributed by atoms with Crippen LogP contribution in [0.25, 0.3) is 0 Å². The van der Waals surface area contributed by atoms with Gasteiger partial charge in [0.05, 0.1) is 18.9 Å². The number of alkyl halides is 3. The van der Waals surface area contributed by atoms with Crippen LogP contribution in [-0.2, 0) is 17.9 Å². The number of piperazine rings is 1.